The number of carbonyl (C=O) groups excluding carboxylic acids is 2. The molecule has 0 aromatic heterocycles. The molecule has 2 amide bonds. The standard InChI is InChI=1S/C21H24FN3O3S/c1-28-16-8-6-15(7-9-16)24(11-10-19(23)26)14-20(27)25-12-13-29-21(25)17-4-2-3-5-18(17)22/h2-9,21H,10-14H2,1H3,(H2,23,26). The number of rotatable bonds is 8. The molecule has 2 aromatic rings. The van der Waals surface area contributed by atoms with Crippen molar-refractivity contribution in [3.05, 3.63) is 59.9 Å². The van der Waals surface area contributed by atoms with Gasteiger partial charge in [-0.1, -0.05) is 18.2 Å². The lowest BCUT2D eigenvalue weighted by molar-refractivity contribution is -0.130. The molecular formula is C21H24FN3O3S. The molecule has 1 fully saturated rings. The Morgan fingerprint density at radius 3 is 2.62 bits per heavy atom. The molecule has 0 saturated carbocycles. The van der Waals surface area contributed by atoms with Crippen molar-refractivity contribution in [3.8, 4) is 5.75 Å². The molecule has 0 spiro atoms. The summed E-state index contributed by atoms with van der Waals surface area (Å²) >= 11 is 1.55. The molecule has 0 bridgehead atoms. The summed E-state index contributed by atoms with van der Waals surface area (Å²) in [7, 11) is 1.58. The topological polar surface area (TPSA) is 75.9 Å². The number of anilines is 1. The summed E-state index contributed by atoms with van der Waals surface area (Å²) in [5.74, 6) is 0.575. The Morgan fingerprint density at radius 2 is 1.97 bits per heavy atom. The number of amides is 2. The third kappa shape index (κ3) is 5.20. The molecule has 0 aliphatic carbocycles. The number of thioether (sulfide) groups is 1. The molecule has 1 aliphatic heterocycles. The molecule has 1 heterocycles. The first-order valence-corrected chi connectivity index (χ1v) is 10.4. The second-order valence-corrected chi connectivity index (χ2v) is 7.86. The Labute approximate surface area is 173 Å². The summed E-state index contributed by atoms with van der Waals surface area (Å²) in [6.07, 6.45) is 0.130. The SMILES string of the molecule is COc1ccc(N(CCC(N)=O)CC(=O)N2CCSC2c2ccccc2F)cc1. The van der Waals surface area contributed by atoms with E-state index in [1.165, 1.54) is 6.07 Å². The number of ether oxygens (including phenoxy) is 1. The van der Waals surface area contributed by atoms with Crippen LogP contribution in [0.4, 0.5) is 10.1 Å². The van der Waals surface area contributed by atoms with Crippen LogP contribution in [0.1, 0.15) is 17.4 Å². The number of primary amides is 1. The highest BCUT2D eigenvalue weighted by molar-refractivity contribution is 7.99. The molecule has 29 heavy (non-hydrogen) atoms. The van der Waals surface area contributed by atoms with Gasteiger partial charge in [-0.05, 0) is 30.3 Å². The van der Waals surface area contributed by atoms with Crippen LogP contribution in [0.2, 0.25) is 0 Å². The number of nitrogens with zero attached hydrogens (tertiary/aromatic N) is 2. The Morgan fingerprint density at radius 1 is 1.24 bits per heavy atom. The number of methoxy groups -OCH3 is 1. The van der Waals surface area contributed by atoms with Crippen molar-refractivity contribution >= 4 is 29.3 Å². The maximum Gasteiger partial charge on any atom is 0.243 e. The minimum absolute atomic E-state index is 0.0745. The average molecular weight is 418 g/mol. The predicted octanol–water partition coefficient (Wildman–Crippen LogP) is 2.79. The third-order valence-electron chi connectivity index (χ3n) is 4.77. The molecule has 1 saturated heterocycles. The number of hydrogen-bond donors (Lipinski definition) is 1. The van der Waals surface area contributed by atoms with E-state index in [9.17, 15) is 14.0 Å². The summed E-state index contributed by atoms with van der Waals surface area (Å²) in [6, 6.07) is 13.8. The van der Waals surface area contributed by atoms with Crippen LogP contribution >= 0.6 is 11.8 Å². The average Bonchev–Trinajstić information content (AvgIpc) is 3.21. The van der Waals surface area contributed by atoms with Gasteiger partial charge in [-0.15, -0.1) is 11.8 Å². The molecular weight excluding hydrogens is 393 g/mol. The van der Waals surface area contributed by atoms with E-state index in [2.05, 4.69) is 0 Å². The van der Waals surface area contributed by atoms with Gasteiger partial charge in [0.2, 0.25) is 11.8 Å². The predicted molar refractivity (Wildman–Crippen MR) is 112 cm³/mol. The monoisotopic (exact) mass is 417 g/mol. The summed E-state index contributed by atoms with van der Waals surface area (Å²) in [5.41, 5.74) is 6.60. The second kappa shape index (κ2) is 9.65. The number of hydrogen-bond acceptors (Lipinski definition) is 5. The molecule has 2 aromatic carbocycles. The smallest absolute Gasteiger partial charge is 0.243 e. The maximum atomic E-state index is 14.3. The molecule has 0 radical (unpaired) electrons. The minimum Gasteiger partial charge on any atom is -0.497 e. The number of carbonyl (C=O) groups is 2. The van der Waals surface area contributed by atoms with Crippen LogP contribution in [0.3, 0.4) is 0 Å². The molecule has 1 atom stereocenters. The molecule has 8 heteroatoms. The van der Waals surface area contributed by atoms with E-state index >= 15 is 0 Å². The third-order valence-corrected chi connectivity index (χ3v) is 6.02. The molecule has 1 unspecified atom stereocenters. The van der Waals surface area contributed by atoms with Crippen LogP contribution < -0.4 is 15.4 Å². The normalized spacial score (nSPS) is 15.9. The lowest BCUT2D eigenvalue weighted by Gasteiger charge is -2.29. The van der Waals surface area contributed by atoms with E-state index in [1.807, 2.05) is 17.0 Å². The van der Waals surface area contributed by atoms with E-state index in [1.54, 1.807) is 54.1 Å². The van der Waals surface area contributed by atoms with E-state index in [0.717, 1.165) is 11.4 Å². The number of benzene rings is 2. The first kappa shape index (κ1) is 21.0. The van der Waals surface area contributed by atoms with Crippen molar-refractivity contribution in [3.63, 3.8) is 0 Å². The van der Waals surface area contributed by atoms with Gasteiger partial charge < -0.3 is 20.3 Å². The summed E-state index contributed by atoms with van der Waals surface area (Å²) in [4.78, 5) is 27.9. The van der Waals surface area contributed by atoms with Gasteiger partial charge in [-0.25, -0.2) is 4.39 Å². The Kier molecular flexibility index (Phi) is 6.98. The van der Waals surface area contributed by atoms with Gasteiger partial charge in [0.15, 0.2) is 0 Å². The second-order valence-electron chi connectivity index (χ2n) is 6.67. The van der Waals surface area contributed by atoms with Crippen molar-refractivity contribution in [1.29, 1.82) is 0 Å². The van der Waals surface area contributed by atoms with Crippen molar-refractivity contribution in [2.75, 3.05) is 37.4 Å². The summed E-state index contributed by atoms with van der Waals surface area (Å²) in [5, 5.41) is -0.349. The quantitative estimate of drug-likeness (QED) is 0.715. The Balaban J connectivity index is 1.77. The van der Waals surface area contributed by atoms with Crippen LogP contribution in [-0.2, 0) is 9.59 Å². The zero-order chi connectivity index (χ0) is 20.8. The van der Waals surface area contributed by atoms with Gasteiger partial charge in [0, 0.05) is 36.5 Å². The van der Waals surface area contributed by atoms with Gasteiger partial charge in [0.05, 0.1) is 13.7 Å². The highest BCUT2D eigenvalue weighted by Crippen LogP contribution is 2.39. The van der Waals surface area contributed by atoms with E-state index < -0.39 is 5.91 Å². The lowest BCUT2D eigenvalue weighted by atomic mass is 10.2. The first-order chi connectivity index (χ1) is 14.0. The summed E-state index contributed by atoms with van der Waals surface area (Å²) < 4.78 is 19.4. The van der Waals surface area contributed by atoms with Crippen molar-refractivity contribution < 1.29 is 18.7 Å². The van der Waals surface area contributed by atoms with Crippen LogP contribution in [0.25, 0.3) is 0 Å². The fourth-order valence-corrected chi connectivity index (χ4v) is 4.55. The number of nitrogens with two attached hydrogens (primary N) is 1. The van der Waals surface area contributed by atoms with Gasteiger partial charge in [0.1, 0.15) is 16.9 Å². The van der Waals surface area contributed by atoms with E-state index in [0.29, 0.717) is 24.4 Å². The molecule has 2 N–H and O–H groups in total. The van der Waals surface area contributed by atoms with Crippen LogP contribution in [-0.4, -0.2) is 49.2 Å². The van der Waals surface area contributed by atoms with E-state index in [-0.39, 0.29) is 30.1 Å². The van der Waals surface area contributed by atoms with Crippen LogP contribution in [0, 0.1) is 5.82 Å². The largest absolute Gasteiger partial charge is 0.497 e. The highest BCUT2D eigenvalue weighted by atomic mass is 32.2. The maximum absolute atomic E-state index is 14.3. The molecule has 154 valence electrons. The number of halogens is 1. The van der Waals surface area contributed by atoms with Crippen molar-refractivity contribution in [1.82, 2.24) is 4.90 Å². The zero-order valence-electron chi connectivity index (χ0n) is 16.2. The van der Waals surface area contributed by atoms with Gasteiger partial charge in [-0.2, -0.15) is 0 Å². The van der Waals surface area contributed by atoms with Gasteiger partial charge >= 0.3 is 0 Å². The summed E-state index contributed by atoms with van der Waals surface area (Å²) in [6.45, 7) is 0.943. The van der Waals surface area contributed by atoms with Gasteiger partial charge in [0.25, 0.3) is 0 Å². The molecule has 1 aliphatic rings. The molecule has 3 rings (SSSR count). The Bertz CT molecular complexity index is 863. The highest BCUT2D eigenvalue weighted by Gasteiger charge is 2.33. The van der Waals surface area contributed by atoms with Crippen LogP contribution in [0.15, 0.2) is 48.5 Å². The fourth-order valence-electron chi connectivity index (χ4n) is 3.25. The molecule has 6 nitrogen and oxygen atoms in total. The Hall–Kier alpha value is -2.74. The van der Waals surface area contributed by atoms with Crippen LogP contribution in [0.5, 0.6) is 5.75 Å². The zero-order valence-corrected chi connectivity index (χ0v) is 17.0. The van der Waals surface area contributed by atoms with Crippen molar-refractivity contribution in [2.45, 2.75) is 11.8 Å². The van der Waals surface area contributed by atoms with E-state index in [4.69, 9.17) is 10.5 Å². The first-order valence-electron chi connectivity index (χ1n) is 9.32. The van der Waals surface area contributed by atoms with Gasteiger partial charge in [-0.3, -0.25) is 9.59 Å². The lowest BCUT2D eigenvalue weighted by Crippen LogP contribution is -2.41. The minimum atomic E-state index is -0.433. The van der Waals surface area contributed by atoms with Crippen molar-refractivity contribution in [2.24, 2.45) is 5.73 Å². The fraction of sp³-hybridized carbons (Fsp3) is 0.333.